The Morgan fingerprint density at radius 1 is 1.29 bits per heavy atom. The van der Waals surface area contributed by atoms with Crippen molar-refractivity contribution in [3.63, 3.8) is 0 Å². The third-order valence-electron chi connectivity index (χ3n) is 3.21. The minimum atomic E-state index is -4.47. The predicted octanol–water partition coefficient (Wildman–Crippen LogP) is 3.09. The normalized spacial score (nSPS) is 18.6. The Morgan fingerprint density at radius 2 is 1.94 bits per heavy atom. The third kappa shape index (κ3) is 1.99. The van der Waals surface area contributed by atoms with Crippen molar-refractivity contribution in [1.29, 1.82) is 0 Å². The molecule has 0 heterocycles. The van der Waals surface area contributed by atoms with Crippen molar-refractivity contribution < 1.29 is 23.0 Å². The van der Waals surface area contributed by atoms with Crippen LogP contribution in [0.1, 0.15) is 30.4 Å². The van der Waals surface area contributed by atoms with Gasteiger partial charge in [-0.2, -0.15) is 13.2 Å². The highest BCUT2D eigenvalue weighted by Crippen LogP contribution is 2.48. The fourth-order valence-electron chi connectivity index (χ4n) is 2.13. The number of para-hydroxylation sites is 1. The van der Waals surface area contributed by atoms with Gasteiger partial charge >= 0.3 is 6.18 Å². The van der Waals surface area contributed by atoms with Gasteiger partial charge in [0.1, 0.15) is 5.75 Å². The molecule has 0 saturated heterocycles. The highest BCUT2D eigenvalue weighted by atomic mass is 19.4. The van der Waals surface area contributed by atoms with Crippen LogP contribution in [0.5, 0.6) is 5.75 Å². The fourth-order valence-corrected chi connectivity index (χ4v) is 2.13. The number of hydrogen-bond acceptors (Lipinski definition) is 2. The molecule has 0 unspecified atom stereocenters. The Balaban J connectivity index is 2.54. The number of ether oxygens (including phenoxy) is 1. The van der Waals surface area contributed by atoms with Crippen molar-refractivity contribution in [2.75, 3.05) is 7.11 Å². The van der Waals surface area contributed by atoms with E-state index in [-0.39, 0.29) is 11.3 Å². The molecule has 1 aliphatic rings. The summed E-state index contributed by atoms with van der Waals surface area (Å²) in [7, 11) is 1.19. The van der Waals surface area contributed by atoms with E-state index in [2.05, 4.69) is 0 Å². The summed E-state index contributed by atoms with van der Waals surface area (Å²) in [6, 6.07) is 3.76. The summed E-state index contributed by atoms with van der Waals surface area (Å²) < 4.78 is 43.1. The molecule has 1 N–H and O–H groups in total. The number of hydrogen-bond donors (Lipinski definition) is 1. The van der Waals surface area contributed by atoms with E-state index >= 15 is 0 Å². The zero-order valence-corrected chi connectivity index (χ0v) is 9.34. The third-order valence-corrected chi connectivity index (χ3v) is 3.21. The van der Waals surface area contributed by atoms with Gasteiger partial charge in [0.25, 0.3) is 0 Å². The van der Waals surface area contributed by atoms with Crippen molar-refractivity contribution in [3.05, 3.63) is 29.3 Å². The van der Waals surface area contributed by atoms with E-state index in [1.54, 1.807) is 0 Å². The van der Waals surface area contributed by atoms with Gasteiger partial charge < -0.3 is 9.84 Å². The number of halogens is 3. The Bertz CT molecular complexity index is 422. The van der Waals surface area contributed by atoms with Crippen LogP contribution in [0.2, 0.25) is 0 Å². The maximum absolute atomic E-state index is 12.8. The van der Waals surface area contributed by atoms with Crippen LogP contribution in [0.3, 0.4) is 0 Å². The smallest absolute Gasteiger partial charge is 0.419 e. The highest BCUT2D eigenvalue weighted by Gasteiger charge is 2.42. The fraction of sp³-hybridized carbons (Fsp3) is 0.500. The van der Waals surface area contributed by atoms with Gasteiger partial charge in [-0.3, -0.25) is 0 Å². The summed E-state index contributed by atoms with van der Waals surface area (Å²) in [6.45, 7) is 0. The zero-order chi connectivity index (χ0) is 12.7. The molecule has 0 spiro atoms. The average Bonchev–Trinajstić information content (AvgIpc) is 2.23. The molecule has 94 valence electrons. The molecule has 2 rings (SSSR count). The van der Waals surface area contributed by atoms with E-state index in [1.807, 2.05) is 0 Å². The lowest BCUT2D eigenvalue weighted by Gasteiger charge is -2.38. The SMILES string of the molecule is COc1c(C(F)(F)F)cccc1C1(O)CCC1. The highest BCUT2D eigenvalue weighted by molar-refractivity contribution is 5.47. The van der Waals surface area contributed by atoms with Gasteiger partial charge in [-0.25, -0.2) is 0 Å². The van der Waals surface area contributed by atoms with E-state index in [0.717, 1.165) is 12.5 Å². The minimum absolute atomic E-state index is 0.237. The topological polar surface area (TPSA) is 29.5 Å². The molecule has 2 nitrogen and oxygen atoms in total. The Morgan fingerprint density at radius 3 is 2.35 bits per heavy atom. The molecule has 0 atom stereocenters. The second-order valence-corrected chi connectivity index (χ2v) is 4.27. The largest absolute Gasteiger partial charge is 0.496 e. The quantitative estimate of drug-likeness (QED) is 0.868. The zero-order valence-electron chi connectivity index (χ0n) is 9.34. The van der Waals surface area contributed by atoms with Crippen LogP contribution in [0.4, 0.5) is 13.2 Å². The number of rotatable bonds is 2. The number of alkyl halides is 3. The Labute approximate surface area is 97.0 Å². The van der Waals surface area contributed by atoms with Crippen molar-refractivity contribution in [1.82, 2.24) is 0 Å². The maximum atomic E-state index is 12.8. The van der Waals surface area contributed by atoms with Crippen LogP contribution in [-0.4, -0.2) is 12.2 Å². The van der Waals surface area contributed by atoms with Crippen LogP contribution >= 0.6 is 0 Å². The molecule has 0 radical (unpaired) electrons. The Kier molecular flexibility index (Phi) is 2.81. The number of methoxy groups -OCH3 is 1. The first-order valence-electron chi connectivity index (χ1n) is 5.35. The van der Waals surface area contributed by atoms with Gasteiger partial charge in [-0.1, -0.05) is 12.1 Å². The maximum Gasteiger partial charge on any atom is 0.419 e. The molecule has 1 aliphatic carbocycles. The molecular weight excluding hydrogens is 233 g/mol. The second-order valence-electron chi connectivity index (χ2n) is 4.27. The van der Waals surface area contributed by atoms with E-state index in [4.69, 9.17) is 4.74 Å². The molecule has 1 aromatic carbocycles. The molecule has 1 saturated carbocycles. The van der Waals surface area contributed by atoms with E-state index in [9.17, 15) is 18.3 Å². The van der Waals surface area contributed by atoms with E-state index in [0.29, 0.717) is 12.8 Å². The molecule has 0 bridgehead atoms. The molecule has 17 heavy (non-hydrogen) atoms. The van der Waals surface area contributed by atoms with Gasteiger partial charge in [0.2, 0.25) is 0 Å². The van der Waals surface area contributed by atoms with Crippen LogP contribution in [0.25, 0.3) is 0 Å². The average molecular weight is 246 g/mol. The molecule has 1 aromatic rings. The molecule has 5 heteroatoms. The van der Waals surface area contributed by atoms with Crippen LogP contribution in [0, 0.1) is 0 Å². The predicted molar refractivity (Wildman–Crippen MR) is 55.7 cm³/mol. The van der Waals surface area contributed by atoms with Gasteiger partial charge in [0, 0.05) is 5.56 Å². The summed E-state index contributed by atoms with van der Waals surface area (Å²) in [4.78, 5) is 0. The minimum Gasteiger partial charge on any atom is -0.496 e. The summed E-state index contributed by atoms with van der Waals surface area (Å²) >= 11 is 0. The van der Waals surface area contributed by atoms with Crippen LogP contribution in [0.15, 0.2) is 18.2 Å². The summed E-state index contributed by atoms with van der Waals surface area (Å²) in [6.07, 6.45) is -2.70. The standard InChI is InChI=1S/C12H13F3O2/c1-17-10-8(11(16)6-3-7-11)4-2-5-9(10)12(13,14)15/h2,4-5,16H,3,6-7H2,1H3. The van der Waals surface area contributed by atoms with Crippen molar-refractivity contribution >= 4 is 0 Å². The lowest BCUT2D eigenvalue weighted by Crippen LogP contribution is -2.34. The van der Waals surface area contributed by atoms with Gasteiger partial charge in [0.15, 0.2) is 0 Å². The molecule has 1 fully saturated rings. The first-order chi connectivity index (χ1) is 7.88. The van der Waals surface area contributed by atoms with Crippen molar-refractivity contribution in [3.8, 4) is 5.75 Å². The summed E-state index contributed by atoms with van der Waals surface area (Å²) in [5.74, 6) is -0.262. The second kappa shape index (κ2) is 3.91. The summed E-state index contributed by atoms with van der Waals surface area (Å²) in [5, 5.41) is 10.1. The molecule has 0 aromatic heterocycles. The van der Waals surface area contributed by atoms with Crippen molar-refractivity contribution in [2.45, 2.75) is 31.0 Å². The number of aliphatic hydroxyl groups is 1. The summed E-state index contributed by atoms with van der Waals surface area (Å²) in [5.41, 5.74) is -1.76. The van der Waals surface area contributed by atoms with Crippen molar-refractivity contribution in [2.24, 2.45) is 0 Å². The number of benzene rings is 1. The lowest BCUT2D eigenvalue weighted by molar-refractivity contribution is -0.139. The van der Waals surface area contributed by atoms with Crippen LogP contribution in [-0.2, 0) is 11.8 Å². The van der Waals surface area contributed by atoms with Gasteiger partial charge in [-0.15, -0.1) is 0 Å². The van der Waals surface area contributed by atoms with E-state index in [1.165, 1.54) is 19.2 Å². The first-order valence-corrected chi connectivity index (χ1v) is 5.35. The monoisotopic (exact) mass is 246 g/mol. The molecule has 0 amide bonds. The Hall–Kier alpha value is -1.23. The van der Waals surface area contributed by atoms with Gasteiger partial charge in [-0.05, 0) is 25.3 Å². The molecular formula is C12H13F3O2. The van der Waals surface area contributed by atoms with Crippen LogP contribution < -0.4 is 4.74 Å². The molecule has 0 aliphatic heterocycles. The first kappa shape index (κ1) is 12.2. The van der Waals surface area contributed by atoms with E-state index < -0.39 is 17.3 Å². The lowest BCUT2D eigenvalue weighted by atomic mass is 9.74. The van der Waals surface area contributed by atoms with Gasteiger partial charge in [0.05, 0.1) is 18.3 Å².